The molecule has 7 heteroatoms. The average Bonchev–Trinajstić information content (AvgIpc) is 2.58. The molecule has 0 saturated carbocycles. The zero-order chi connectivity index (χ0) is 17.7. The summed E-state index contributed by atoms with van der Waals surface area (Å²) in [6, 6.07) is 9.33. The molecule has 0 aromatic heterocycles. The maximum atomic E-state index is 12.5. The molecule has 128 valence electrons. The summed E-state index contributed by atoms with van der Waals surface area (Å²) in [5.41, 5.74) is 0.203. The Morgan fingerprint density at radius 3 is 2.17 bits per heavy atom. The van der Waals surface area contributed by atoms with Crippen molar-refractivity contribution in [2.24, 2.45) is 0 Å². The van der Waals surface area contributed by atoms with E-state index in [0.717, 1.165) is 12.1 Å². The summed E-state index contributed by atoms with van der Waals surface area (Å²) in [7, 11) is 2.95. The molecule has 0 atom stereocenters. The van der Waals surface area contributed by atoms with E-state index in [4.69, 9.17) is 9.47 Å². The quantitative estimate of drug-likeness (QED) is 0.904. The van der Waals surface area contributed by atoms with Crippen molar-refractivity contribution in [3.8, 4) is 11.5 Å². The smallest absolute Gasteiger partial charge is 0.416 e. The standard InChI is InChI=1S/C17H16F3NO3/c1-23-14-8-5-12(9-15(14)24-2)16(22)21-10-11-3-6-13(7-4-11)17(18,19)20/h3-9H,10H2,1-2H3,(H,21,22). The topological polar surface area (TPSA) is 47.6 Å². The number of halogens is 3. The van der Waals surface area contributed by atoms with Crippen molar-refractivity contribution >= 4 is 5.91 Å². The molecule has 0 aliphatic carbocycles. The Balaban J connectivity index is 2.03. The van der Waals surface area contributed by atoms with Crippen LogP contribution in [0, 0.1) is 0 Å². The van der Waals surface area contributed by atoms with Gasteiger partial charge in [-0.05, 0) is 35.9 Å². The predicted molar refractivity (Wildman–Crippen MR) is 82.2 cm³/mol. The summed E-state index contributed by atoms with van der Waals surface area (Å²) in [5, 5.41) is 2.65. The molecule has 0 fully saturated rings. The lowest BCUT2D eigenvalue weighted by molar-refractivity contribution is -0.137. The number of rotatable bonds is 5. The number of hydrogen-bond donors (Lipinski definition) is 1. The van der Waals surface area contributed by atoms with E-state index in [1.165, 1.54) is 32.4 Å². The highest BCUT2D eigenvalue weighted by atomic mass is 19.4. The van der Waals surface area contributed by atoms with Gasteiger partial charge in [-0.3, -0.25) is 4.79 Å². The molecular weight excluding hydrogens is 323 g/mol. The molecule has 2 rings (SSSR count). The molecule has 0 spiro atoms. The lowest BCUT2D eigenvalue weighted by Gasteiger charge is -2.11. The van der Waals surface area contributed by atoms with E-state index in [9.17, 15) is 18.0 Å². The highest BCUT2D eigenvalue weighted by Gasteiger charge is 2.29. The first-order chi connectivity index (χ1) is 11.3. The summed E-state index contributed by atoms with van der Waals surface area (Å²) in [6.45, 7) is 0.116. The van der Waals surface area contributed by atoms with Crippen LogP contribution in [-0.4, -0.2) is 20.1 Å². The molecule has 2 aromatic rings. The van der Waals surface area contributed by atoms with Gasteiger partial charge < -0.3 is 14.8 Å². The molecule has 0 heterocycles. The lowest BCUT2D eigenvalue weighted by Crippen LogP contribution is -2.22. The van der Waals surface area contributed by atoms with Crippen LogP contribution < -0.4 is 14.8 Å². The van der Waals surface area contributed by atoms with Gasteiger partial charge in [-0.15, -0.1) is 0 Å². The van der Waals surface area contributed by atoms with Crippen molar-refractivity contribution in [1.29, 1.82) is 0 Å². The van der Waals surface area contributed by atoms with Crippen LogP contribution in [0.15, 0.2) is 42.5 Å². The number of methoxy groups -OCH3 is 2. The third-order valence-electron chi connectivity index (χ3n) is 3.38. The van der Waals surface area contributed by atoms with Crippen LogP contribution in [0.1, 0.15) is 21.5 Å². The number of benzene rings is 2. The van der Waals surface area contributed by atoms with Gasteiger partial charge in [0.2, 0.25) is 0 Å². The highest BCUT2D eigenvalue weighted by Crippen LogP contribution is 2.29. The van der Waals surface area contributed by atoms with E-state index in [0.29, 0.717) is 22.6 Å². The second-order valence-corrected chi connectivity index (χ2v) is 4.95. The summed E-state index contributed by atoms with van der Waals surface area (Å²) in [6.07, 6.45) is -4.37. The Kier molecular flexibility index (Phi) is 5.33. The SMILES string of the molecule is COc1ccc(C(=O)NCc2ccc(C(F)(F)F)cc2)cc1OC. The molecule has 4 nitrogen and oxygen atoms in total. The first-order valence-corrected chi connectivity index (χ1v) is 7.01. The molecule has 0 aliphatic rings. The Labute approximate surface area is 137 Å². The number of hydrogen-bond acceptors (Lipinski definition) is 3. The summed E-state index contributed by atoms with van der Waals surface area (Å²) < 4.78 is 47.7. The zero-order valence-corrected chi connectivity index (χ0v) is 13.1. The van der Waals surface area contributed by atoms with E-state index >= 15 is 0 Å². The van der Waals surface area contributed by atoms with Gasteiger partial charge in [-0.25, -0.2) is 0 Å². The van der Waals surface area contributed by atoms with Gasteiger partial charge in [0.1, 0.15) is 0 Å². The maximum Gasteiger partial charge on any atom is 0.416 e. The fourth-order valence-electron chi connectivity index (χ4n) is 2.07. The maximum absolute atomic E-state index is 12.5. The zero-order valence-electron chi connectivity index (χ0n) is 13.1. The molecule has 2 aromatic carbocycles. The van der Waals surface area contributed by atoms with Gasteiger partial charge in [0.25, 0.3) is 5.91 Å². The molecule has 24 heavy (non-hydrogen) atoms. The molecule has 0 aliphatic heterocycles. The first-order valence-electron chi connectivity index (χ1n) is 7.01. The second kappa shape index (κ2) is 7.25. The van der Waals surface area contributed by atoms with E-state index in [1.807, 2.05) is 0 Å². The fraction of sp³-hybridized carbons (Fsp3) is 0.235. The van der Waals surface area contributed by atoms with E-state index < -0.39 is 11.7 Å². The minimum absolute atomic E-state index is 0.116. The van der Waals surface area contributed by atoms with Gasteiger partial charge in [-0.2, -0.15) is 13.2 Å². The minimum Gasteiger partial charge on any atom is -0.493 e. The Bertz CT molecular complexity index is 712. The summed E-state index contributed by atoms with van der Waals surface area (Å²) in [5.74, 6) is 0.548. The third-order valence-corrected chi connectivity index (χ3v) is 3.38. The Hall–Kier alpha value is -2.70. The molecular formula is C17H16F3NO3. The number of alkyl halides is 3. The van der Waals surface area contributed by atoms with Crippen LogP contribution >= 0.6 is 0 Å². The summed E-state index contributed by atoms with van der Waals surface area (Å²) >= 11 is 0. The van der Waals surface area contributed by atoms with Gasteiger partial charge in [0.05, 0.1) is 19.8 Å². The van der Waals surface area contributed by atoms with Crippen molar-refractivity contribution in [1.82, 2.24) is 5.32 Å². The van der Waals surface area contributed by atoms with Crippen molar-refractivity contribution in [2.45, 2.75) is 12.7 Å². The van der Waals surface area contributed by atoms with Crippen molar-refractivity contribution in [2.75, 3.05) is 14.2 Å². The lowest BCUT2D eigenvalue weighted by atomic mass is 10.1. The van der Waals surface area contributed by atoms with Crippen LogP contribution in [0.2, 0.25) is 0 Å². The van der Waals surface area contributed by atoms with Crippen LogP contribution in [0.3, 0.4) is 0 Å². The first kappa shape index (κ1) is 17.7. The van der Waals surface area contributed by atoms with Crippen LogP contribution in [0.4, 0.5) is 13.2 Å². The van der Waals surface area contributed by atoms with Crippen LogP contribution in [0.5, 0.6) is 11.5 Å². The number of amides is 1. The monoisotopic (exact) mass is 339 g/mol. The van der Waals surface area contributed by atoms with Crippen LogP contribution in [0.25, 0.3) is 0 Å². The molecule has 1 amide bonds. The van der Waals surface area contributed by atoms with Gasteiger partial charge in [0.15, 0.2) is 11.5 Å². The van der Waals surface area contributed by atoms with E-state index in [2.05, 4.69) is 5.32 Å². The fourth-order valence-corrected chi connectivity index (χ4v) is 2.07. The van der Waals surface area contributed by atoms with Gasteiger partial charge >= 0.3 is 6.18 Å². The van der Waals surface area contributed by atoms with Crippen molar-refractivity contribution in [3.05, 3.63) is 59.2 Å². The second-order valence-electron chi connectivity index (χ2n) is 4.95. The Morgan fingerprint density at radius 2 is 1.62 bits per heavy atom. The number of carbonyl (C=O) groups is 1. The minimum atomic E-state index is -4.37. The average molecular weight is 339 g/mol. The number of ether oxygens (including phenoxy) is 2. The Morgan fingerprint density at radius 1 is 1.00 bits per heavy atom. The molecule has 1 N–H and O–H groups in total. The molecule has 0 bridgehead atoms. The number of carbonyl (C=O) groups excluding carboxylic acids is 1. The largest absolute Gasteiger partial charge is 0.493 e. The van der Waals surface area contributed by atoms with E-state index in [-0.39, 0.29) is 12.5 Å². The van der Waals surface area contributed by atoms with Crippen molar-refractivity contribution < 1.29 is 27.4 Å². The van der Waals surface area contributed by atoms with Crippen LogP contribution in [-0.2, 0) is 12.7 Å². The molecule has 0 unspecified atom stereocenters. The highest BCUT2D eigenvalue weighted by molar-refractivity contribution is 5.94. The third kappa shape index (κ3) is 4.18. The van der Waals surface area contributed by atoms with Gasteiger partial charge in [0, 0.05) is 12.1 Å². The van der Waals surface area contributed by atoms with E-state index in [1.54, 1.807) is 12.1 Å². The molecule has 0 saturated heterocycles. The summed E-state index contributed by atoms with van der Waals surface area (Å²) in [4.78, 5) is 12.1. The number of nitrogens with one attached hydrogen (secondary N) is 1. The predicted octanol–water partition coefficient (Wildman–Crippen LogP) is 3.65. The molecule has 0 radical (unpaired) electrons. The normalized spacial score (nSPS) is 11.0. The van der Waals surface area contributed by atoms with Gasteiger partial charge in [-0.1, -0.05) is 12.1 Å². The van der Waals surface area contributed by atoms with Crippen molar-refractivity contribution in [3.63, 3.8) is 0 Å².